The van der Waals surface area contributed by atoms with Crippen molar-refractivity contribution in [3.8, 4) is 0 Å². The van der Waals surface area contributed by atoms with Crippen LogP contribution in [0.3, 0.4) is 0 Å². The van der Waals surface area contributed by atoms with Crippen LogP contribution in [0.4, 0.5) is 4.79 Å². The third kappa shape index (κ3) is 5.50. The van der Waals surface area contributed by atoms with Gasteiger partial charge >= 0.3 is 12.1 Å². The third-order valence-corrected chi connectivity index (χ3v) is 3.92. The molecule has 0 bridgehead atoms. The molecule has 1 aliphatic rings. The highest BCUT2D eigenvalue weighted by atomic mass is 16.6. The summed E-state index contributed by atoms with van der Waals surface area (Å²) in [6.07, 6.45) is 5.15. The first-order valence-electron chi connectivity index (χ1n) is 8.43. The molecule has 5 heteroatoms. The summed E-state index contributed by atoms with van der Waals surface area (Å²) in [5.41, 5.74) is -1.45. The number of carbonyl (C=O) groups is 2. The molecule has 1 saturated carbocycles. The van der Waals surface area contributed by atoms with E-state index in [9.17, 15) is 9.59 Å². The minimum Gasteiger partial charge on any atom is -0.464 e. The second-order valence-electron chi connectivity index (χ2n) is 7.10. The Morgan fingerprint density at radius 2 is 1.86 bits per heavy atom. The van der Waals surface area contributed by atoms with Crippen LogP contribution in [-0.2, 0) is 14.3 Å². The molecule has 0 aromatic rings. The molecule has 5 nitrogen and oxygen atoms in total. The zero-order valence-corrected chi connectivity index (χ0v) is 14.7. The number of esters is 1. The molecule has 22 heavy (non-hydrogen) atoms. The smallest absolute Gasteiger partial charge is 0.408 e. The van der Waals surface area contributed by atoms with Gasteiger partial charge in [0.15, 0.2) is 0 Å². The van der Waals surface area contributed by atoms with Crippen molar-refractivity contribution in [2.75, 3.05) is 6.61 Å². The summed E-state index contributed by atoms with van der Waals surface area (Å²) < 4.78 is 10.6. The lowest BCUT2D eigenvalue weighted by molar-refractivity contribution is -0.148. The Morgan fingerprint density at radius 1 is 1.18 bits per heavy atom. The van der Waals surface area contributed by atoms with Crippen LogP contribution in [0.2, 0.25) is 0 Å². The largest absolute Gasteiger partial charge is 0.464 e. The lowest BCUT2D eigenvalue weighted by atomic mass is 10.1. The Labute approximate surface area is 134 Å². The average Bonchev–Trinajstić information content (AvgIpc) is 3.10. The van der Waals surface area contributed by atoms with E-state index < -0.39 is 17.2 Å². The van der Waals surface area contributed by atoms with Gasteiger partial charge < -0.3 is 14.8 Å². The topological polar surface area (TPSA) is 64.6 Å². The highest BCUT2D eigenvalue weighted by molar-refractivity contribution is 5.89. The number of ether oxygens (including phenoxy) is 2. The molecule has 0 aromatic heterocycles. The van der Waals surface area contributed by atoms with Gasteiger partial charge in [-0.15, -0.1) is 0 Å². The van der Waals surface area contributed by atoms with Crippen LogP contribution in [0.1, 0.15) is 73.1 Å². The van der Waals surface area contributed by atoms with Gasteiger partial charge in [0, 0.05) is 0 Å². The fourth-order valence-corrected chi connectivity index (χ4v) is 2.58. The van der Waals surface area contributed by atoms with Gasteiger partial charge in [0.2, 0.25) is 0 Å². The molecule has 1 aliphatic carbocycles. The number of amides is 1. The van der Waals surface area contributed by atoms with Gasteiger partial charge in [0.1, 0.15) is 11.1 Å². The molecule has 0 radical (unpaired) electrons. The van der Waals surface area contributed by atoms with E-state index in [1.807, 2.05) is 6.92 Å². The third-order valence-electron chi connectivity index (χ3n) is 3.92. The second kappa shape index (κ2) is 7.84. The highest BCUT2D eigenvalue weighted by Crippen LogP contribution is 2.47. The summed E-state index contributed by atoms with van der Waals surface area (Å²) in [6.45, 7) is 9.98. The molecule has 0 spiro atoms. The number of nitrogens with one attached hydrogen (secondary N) is 1. The monoisotopic (exact) mass is 313 g/mol. The van der Waals surface area contributed by atoms with Gasteiger partial charge in [0.25, 0.3) is 0 Å². The van der Waals surface area contributed by atoms with Crippen molar-refractivity contribution in [2.45, 2.75) is 84.3 Å². The summed E-state index contributed by atoms with van der Waals surface area (Å²) in [6, 6.07) is 0. The molecule has 0 aromatic carbocycles. The first kappa shape index (κ1) is 18.8. The van der Waals surface area contributed by atoms with Crippen LogP contribution in [0.15, 0.2) is 0 Å². The van der Waals surface area contributed by atoms with Gasteiger partial charge in [-0.3, -0.25) is 0 Å². The van der Waals surface area contributed by atoms with Crippen molar-refractivity contribution in [3.05, 3.63) is 0 Å². The number of hydrogen-bond donors (Lipinski definition) is 1. The van der Waals surface area contributed by atoms with E-state index in [0.29, 0.717) is 13.0 Å². The van der Waals surface area contributed by atoms with Crippen LogP contribution < -0.4 is 5.32 Å². The van der Waals surface area contributed by atoms with Crippen LogP contribution in [0.25, 0.3) is 0 Å². The van der Waals surface area contributed by atoms with E-state index in [4.69, 9.17) is 9.47 Å². The van der Waals surface area contributed by atoms with E-state index in [0.717, 1.165) is 32.1 Å². The molecule has 1 fully saturated rings. The van der Waals surface area contributed by atoms with E-state index in [2.05, 4.69) is 12.2 Å². The number of hydrogen-bond acceptors (Lipinski definition) is 4. The van der Waals surface area contributed by atoms with E-state index in [-0.39, 0.29) is 11.9 Å². The first-order valence-corrected chi connectivity index (χ1v) is 8.43. The lowest BCUT2D eigenvalue weighted by Crippen LogP contribution is -2.47. The second-order valence-corrected chi connectivity index (χ2v) is 7.10. The molecule has 1 amide bonds. The van der Waals surface area contributed by atoms with Crippen molar-refractivity contribution in [1.82, 2.24) is 5.32 Å². The Balaban J connectivity index is 2.49. The molecular formula is C17H31NO4. The molecule has 0 aliphatic heterocycles. The van der Waals surface area contributed by atoms with Crippen molar-refractivity contribution < 1.29 is 19.1 Å². The van der Waals surface area contributed by atoms with Crippen molar-refractivity contribution in [1.29, 1.82) is 0 Å². The van der Waals surface area contributed by atoms with Gasteiger partial charge in [-0.2, -0.15) is 0 Å². The Bertz CT molecular complexity index is 389. The molecule has 0 saturated heterocycles. The Morgan fingerprint density at radius 3 is 2.36 bits per heavy atom. The summed E-state index contributed by atoms with van der Waals surface area (Å²) >= 11 is 0. The number of unbranched alkanes of at least 4 members (excludes halogenated alkanes) is 3. The van der Waals surface area contributed by atoms with E-state index >= 15 is 0 Å². The quantitative estimate of drug-likeness (QED) is 0.547. The maximum Gasteiger partial charge on any atom is 0.408 e. The lowest BCUT2D eigenvalue weighted by Gasteiger charge is -2.23. The SMILES string of the molecule is CCCCCCOC(=O)[C@@]1(NC(=O)OC(C)(C)C)C[C@H]1CC. The number of carbonyl (C=O) groups excluding carboxylic acids is 2. The van der Waals surface area contributed by atoms with Crippen LogP contribution in [-0.4, -0.2) is 29.8 Å². The first-order chi connectivity index (χ1) is 10.2. The zero-order valence-electron chi connectivity index (χ0n) is 14.7. The average molecular weight is 313 g/mol. The fraction of sp³-hybridized carbons (Fsp3) is 0.882. The fourth-order valence-electron chi connectivity index (χ4n) is 2.58. The maximum absolute atomic E-state index is 12.3. The van der Waals surface area contributed by atoms with Crippen LogP contribution >= 0.6 is 0 Å². The minimum atomic E-state index is -0.873. The van der Waals surface area contributed by atoms with Gasteiger partial charge in [-0.25, -0.2) is 9.59 Å². The normalized spacial score (nSPS) is 23.8. The summed E-state index contributed by atoms with van der Waals surface area (Å²) in [5, 5.41) is 2.74. The summed E-state index contributed by atoms with van der Waals surface area (Å²) in [7, 11) is 0. The Hall–Kier alpha value is -1.26. The highest BCUT2D eigenvalue weighted by Gasteiger charge is 2.61. The van der Waals surface area contributed by atoms with Crippen molar-refractivity contribution >= 4 is 12.1 Å². The summed E-state index contributed by atoms with van der Waals surface area (Å²) in [4.78, 5) is 24.3. The molecule has 128 valence electrons. The molecule has 1 rings (SSSR count). The maximum atomic E-state index is 12.3. The molecule has 0 heterocycles. The summed E-state index contributed by atoms with van der Waals surface area (Å²) in [5.74, 6) is -0.176. The van der Waals surface area contributed by atoms with E-state index in [1.54, 1.807) is 20.8 Å². The van der Waals surface area contributed by atoms with Gasteiger partial charge in [-0.1, -0.05) is 39.5 Å². The number of rotatable bonds is 8. The van der Waals surface area contributed by atoms with E-state index in [1.165, 1.54) is 0 Å². The van der Waals surface area contributed by atoms with Gasteiger partial charge in [0.05, 0.1) is 6.61 Å². The molecule has 1 N–H and O–H groups in total. The zero-order chi connectivity index (χ0) is 16.8. The van der Waals surface area contributed by atoms with Crippen LogP contribution in [0.5, 0.6) is 0 Å². The predicted octanol–water partition coefficient (Wildman–Crippen LogP) is 3.80. The van der Waals surface area contributed by atoms with Crippen molar-refractivity contribution in [3.63, 3.8) is 0 Å². The predicted molar refractivity (Wildman–Crippen MR) is 85.6 cm³/mol. The number of alkyl carbamates (subject to hydrolysis) is 1. The molecule has 0 unspecified atom stereocenters. The standard InChI is InChI=1S/C17H31NO4/c1-6-8-9-10-11-21-14(19)17(12-13(17)7-2)18-15(20)22-16(3,4)5/h13H,6-12H2,1-5H3,(H,18,20)/t13-,17-/m1/s1. The molecular weight excluding hydrogens is 282 g/mol. The van der Waals surface area contributed by atoms with Crippen molar-refractivity contribution in [2.24, 2.45) is 5.92 Å². The molecule has 2 atom stereocenters. The van der Waals surface area contributed by atoms with Gasteiger partial charge in [-0.05, 0) is 39.5 Å². The van der Waals surface area contributed by atoms with Crippen LogP contribution in [0, 0.1) is 5.92 Å². The minimum absolute atomic E-state index is 0.142. The Kier molecular flexibility index (Phi) is 6.69.